The van der Waals surface area contributed by atoms with E-state index < -0.39 is 12.2 Å². The van der Waals surface area contributed by atoms with E-state index in [1.807, 2.05) is 44.2 Å². The number of benzene rings is 1. The van der Waals surface area contributed by atoms with Gasteiger partial charge < -0.3 is 24.7 Å². The van der Waals surface area contributed by atoms with E-state index in [2.05, 4.69) is 0 Å². The van der Waals surface area contributed by atoms with Crippen LogP contribution in [-0.2, 0) is 11.3 Å². The normalized spacial score (nSPS) is 20.1. The number of carboxylic acid groups (broad SMARTS) is 1. The average Bonchev–Trinajstić information content (AvgIpc) is 2.62. The number of carbonyl (C=O) groups is 2. The van der Waals surface area contributed by atoms with Crippen molar-refractivity contribution in [3.8, 4) is 0 Å². The molecule has 2 N–H and O–H groups in total. The molecular weight excluding hydrogens is 336 g/mol. The van der Waals surface area contributed by atoms with Crippen LogP contribution in [0, 0.1) is 0 Å². The van der Waals surface area contributed by atoms with Gasteiger partial charge in [-0.05, 0) is 38.7 Å². The zero-order valence-electron chi connectivity index (χ0n) is 15.4. The van der Waals surface area contributed by atoms with E-state index in [0.717, 1.165) is 5.56 Å². The predicted molar refractivity (Wildman–Crippen MR) is 96.8 cm³/mol. The van der Waals surface area contributed by atoms with Gasteiger partial charge in [0.05, 0.1) is 6.04 Å². The maximum absolute atomic E-state index is 12.6. The molecule has 0 bridgehead atoms. The number of amides is 2. The van der Waals surface area contributed by atoms with E-state index in [9.17, 15) is 14.7 Å². The molecule has 2 atom stereocenters. The standard InChI is InChI=1S/C19H28N2O5/c1-14(2)21(19(25)26-13-15-6-4-3-5-7-15)17-9-8-16(10-11-22)20(12-17)18(23)24/h3-7,14,16-17,22H,8-13H2,1-2H3,(H,23,24)/t16-,17+/m0/s1. The molecule has 1 fully saturated rings. The first-order valence-electron chi connectivity index (χ1n) is 9.03. The van der Waals surface area contributed by atoms with Gasteiger partial charge in [0, 0.05) is 25.2 Å². The minimum Gasteiger partial charge on any atom is -0.465 e. The Morgan fingerprint density at radius 2 is 1.96 bits per heavy atom. The maximum atomic E-state index is 12.6. The third-order valence-electron chi connectivity index (χ3n) is 4.76. The number of aliphatic hydroxyl groups excluding tert-OH is 1. The van der Waals surface area contributed by atoms with Gasteiger partial charge in [-0.3, -0.25) is 0 Å². The molecule has 1 aromatic rings. The van der Waals surface area contributed by atoms with Gasteiger partial charge in [0.2, 0.25) is 0 Å². The topological polar surface area (TPSA) is 90.3 Å². The summed E-state index contributed by atoms with van der Waals surface area (Å²) in [4.78, 5) is 27.2. The second-order valence-corrected chi connectivity index (χ2v) is 6.87. The molecule has 0 radical (unpaired) electrons. The van der Waals surface area contributed by atoms with Crippen LogP contribution in [0.25, 0.3) is 0 Å². The van der Waals surface area contributed by atoms with Crippen LogP contribution < -0.4 is 0 Å². The van der Waals surface area contributed by atoms with Crippen LogP contribution in [0.2, 0.25) is 0 Å². The molecule has 26 heavy (non-hydrogen) atoms. The number of aliphatic hydroxyl groups is 1. The van der Waals surface area contributed by atoms with Gasteiger partial charge in [0.1, 0.15) is 6.61 Å². The molecular formula is C19H28N2O5. The average molecular weight is 364 g/mol. The molecule has 2 amide bonds. The Labute approximate surface area is 154 Å². The molecule has 7 heteroatoms. The number of carbonyl (C=O) groups excluding carboxylic acids is 1. The van der Waals surface area contributed by atoms with Gasteiger partial charge >= 0.3 is 12.2 Å². The fraction of sp³-hybridized carbons (Fsp3) is 0.579. The van der Waals surface area contributed by atoms with Crippen molar-refractivity contribution < 1.29 is 24.5 Å². The molecule has 0 aromatic heterocycles. The summed E-state index contributed by atoms with van der Waals surface area (Å²) in [6, 6.07) is 8.91. The van der Waals surface area contributed by atoms with Crippen molar-refractivity contribution in [2.24, 2.45) is 0 Å². The van der Waals surface area contributed by atoms with E-state index in [4.69, 9.17) is 9.84 Å². The van der Waals surface area contributed by atoms with Crippen molar-refractivity contribution in [3.05, 3.63) is 35.9 Å². The molecule has 0 unspecified atom stereocenters. The van der Waals surface area contributed by atoms with Gasteiger partial charge in [-0.1, -0.05) is 30.3 Å². The highest BCUT2D eigenvalue weighted by atomic mass is 16.6. The third-order valence-corrected chi connectivity index (χ3v) is 4.76. The van der Waals surface area contributed by atoms with Crippen molar-refractivity contribution in [2.45, 2.75) is 57.8 Å². The molecule has 0 spiro atoms. The van der Waals surface area contributed by atoms with E-state index in [-0.39, 0.29) is 37.9 Å². The Bertz CT molecular complexity index is 593. The summed E-state index contributed by atoms with van der Waals surface area (Å²) < 4.78 is 5.46. The van der Waals surface area contributed by atoms with Crippen LogP contribution in [0.5, 0.6) is 0 Å². The van der Waals surface area contributed by atoms with Gasteiger partial charge in [-0.2, -0.15) is 0 Å². The highest BCUT2D eigenvalue weighted by molar-refractivity contribution is 5.69. The van der Waals surface area contributed by atoms with Gasteiger partial charge in [0.15, 0.2) is 0 Å². The molecule has 1 aliphatic rings. The molecule has 0 saturated carbocycles. The van der Waals surface area contributed by atoms with Crippen LogP contribution in [0.3, 0.4) is 0 Å². The van der Waals surface area contributed by atoms with Crippen molar-refractivity contribution in [2.75, 3.05) is 13.2 Å². The monoisotopic (exact) mass is 364 g/mol. The molecule has 1 aromatic carbocycles. The lowest BCUT2D eigenvalue weighted by Crippen LogP contribution is -2.56. The second kappa shape index (κ2) is 9.43. The summed E-state index contributed by atoms with van der Waals surface area (Å²) >= 11 is 0. The lowest BCUT2D eigenvalue weighted by molar-refractivity contribution is 0.0242. The lowest BCUT2D eigenvalue weighted by Gasteiger charge is -2.43. The number of piperidine rings is 1. The summed E-state index contributed by atoms with van der Waals surface area (Å²) in [6.07, 6.45) is 0.271. The van der Waals surface area contributed by atoms with Crippen LogP contribution in [0.4, 0.5) is 9.59 Å². The Morgan fingerprint density at radius 1 is 1.27 bits per heavy atom. The molecule has 7 nitrogen and oxygen atoms in total. The SMILES string of the molecule is CC(C)N(C(=O)OCc1ccccc1)[C@@H]1CC[C@@H](CCO)N(C(=O)O)C1. The highest BCUT2D eigenvalue weighted by Gasteiger charge is 2.37. The third kappa shape index (κ3) is 5.11. The van der Waals surface area contributed by atoms with Crippen LogP contribution in [-0.4, -0.2) is 63.5 Å². The number of likely N-dealkylation sites (tertiary alicyclic amines) is 1. The van der Waals surface area contributed by atoms with Crippen molar-refractivity contribution in [3.63, 3.8) is 0 Å². The minimum absolute atomic E-state index is 0.0495. The quantitative estimate of drug-likeness (QED) is 0.810. The molecule has 1 saturated heterocycles. The van der Waals surface area contributed by atoms with Gasteiger partial charge in [-0.15, -0.1) is 0 Å². The summed E-state index contributed by atoms with van der Waals surface area (Å²) in [6.45, 7) is 4.17. The van der Waals surface area contributed by atoms with E-state index >= 15 is 0 Å². The summed E-state index contributed by atoms with van der Waals surface area (Å²) in [7, 11) is 0. The first-order valence-corrected chi connectivity index (χ1v) is 9.03. The second-order valence-electron chi connectivity index (χ2n) is 6.87. The number of nitrogens with zero attached hydrogens (tertiary/aromatic N) is 2. The molecule has 2 rings (SSSR count). The first kappa shape index (κ1) is 20.0. The molecule has 1 aliphatic heterocycles. The maximum Gasteiger partial charge on any atom is 0.410 e. The number of hydrogen-bond donors (Lipinski definition) is 2. The highest BCUT2D eigenvalue weighted by Crippen LogP contribution is 2.25. The van der Waals surface area contributed by atoms with Crippen molar-refractivity contribution in [1.29, 1.82) is 0 Å². The van der Waals surface area contributed by atoms with Gasteiger partial charge in [0.25, 0.3) is 0 Å². The Balaban J connectivity index is 2.03. The van der Waals surface area contributed by atoms with E-state index in [1.54, 1.807) is 4.90 Å². The van der Waals surface area contributed by atoms with E-state index in [0.29, 0.717) is 19.3 Å². The Morgan fingerprint density at radius 3 is 2.54 bits per heavy atom. The zero-order valence-corrected chi connectivity index (χ0v) is 15.4. The van der Waals surface area contributed by atoms with Gasteiger partial charge in [-0.25, -0.2) is 9.59 Å². The molecule has 144 valence electrons. The zero-order chi connectivity index (χ0) is 19.1. The lowest BCUT2D eigenvalue weighted by atomic mass is 9.95. The van der Waals surface area contributed by atoms with Crippen molar-refractivity contribution in [1.82, 2.24) is 9.80 Å². The summed E-state index contributed by atoms with van der Waals surface area (Å²) in [5.41, 5.74) is 0.906. The summed E-state index contributed by atoms with van der Waals surface area (Å²) in [5, 5.41) is 18.6. The summed E-state index contributed by atoms with van der Waals surface area (Å²) in [5.74, 6) is 0. The number of ether oxygens (including phenoxy) is 1. The van der Waals surface area contributed by atoms with Crippen molar-refractivity contribution >= 4 is 12.2 Å². The molecule has 0 aliphatic carbocycles. The predicted octanol–water partition coefficient (Wildman–Crippen LogP) is 2.93. The number of rotatable bonds is 6. The fourth-order valence-electron chi connectivity index (χ4n) is 3.49. The smallest absolute Gasteiger partial charge is 0.410 e. The first-order chi connectivity index (χ1) is 12.4. The van der Waals surface area contributed by atoms with Crippen LogP contribution in [0.15, 0.2) is 30.3 Å². The van der Waals surface area contributed by atoms with Crippen LogP contribution in [0.1, 0.15) is 38.7 Å². The van der Waals surface area contributed by atoms with Crippen LogP contribution >= 0.6 is 0 Å². The molecule has 1 heterocycles. The number of hydrogen-bond acceptors (Lipinski definition) is 4. The Hall–Kier alpha value is -2.28. The fourth-order valence-corrected chi connectivity index (χ4v) is 3.49. The minimum atomic E-state index is -1.02. The van der Waals surface area contributed by atoms with E-state index in [1.165, 1.54) is 4.90 Å². The largest absolute Gasteiger partial charge is 0.465 e. The Kier molecular flexibility index (Phi) is 7.26.